The van der Waals surface area contributed by atoms with E-state index in [-0.39, 0.29) is 11.6 Å². The number of hydrogen-bond donors (Lipinski definition) is 2. The van der Waals surface area contributed by atoms with Crippen LogP contribution in [-0.2, 0) is 0 Å². The number of nitrogens with one attached hydrogen (secondary N) is 2. The quantitative estimate of drug-likeness (QED) is 0.648. The molecule has 3 rings (SSSR count). The van der Waals surface area contributed by atoms with Crippen molar-refractivity contribution in [3.8, 4) is 17.2 Å². The van der Waals surface area contributed by atoms with E-state index in [0.29, 0.717) is 34.4 Å². The maximum Gasteiger partial charge on any atom is 0.274 e. The number of anilines is 3. The van der Waals surface area contributed by atoms with E-state index in [1.54, 1.807) is 69.9 Å². The molecule has 0 saturated heterocycles. The Kier molecular flexibility index (Phi) is 5.91. The van der Waals surface area contributed by atoms with Crippen LogP contribution in [0.3, 0.4) is 0 Å². The minimum atomic E-state index is -0.365. The molecule has 0 radical (unpaired) electrons. The molecule has 1 amide bonds. The third-order valence-corrected chi connectivity index (χ3v) is 3.90. The Balaban J connectivity index is 1.79. The van der Waals surface area contributed by atoms with Gasteiger partial charge in [-0.2, -0.15) is 0 Å². The van der Waals surface area contributed by atoms with Crippen molar-refractivity contribution < 1.29 is 19.0 Å². The molecule has 0 saturated carbocycles. The summed E-state index contributed by atoms with van der Waals surface area (Å²) in [5.41, 5.74) is 1.47. The number of hydrogen-bond acceptors (Lipinski definition) is 7. The molecule has 144 valence electrons. The standard InChI is InChI=1S/C20H20N4O4/c1-26-14-6-4-5-13(9-14)23-20(25)17-11-19(22-12-21-17)24-16-10-15(27-2)7-8-18(16)28-3/h4-12H,1-3H3,(H,23,25)(H,21,22,24). The fourth-order valence-electron chi connectivity index (χ4n) is 2.50. The van der Waals surface area contributed by atoms with Crippen molar-refractivity contribution in [2.24, 2.45) is 0 Å². The van der Waals surface area contributed by atoms with E-state index >= 15 is 0 Å². The van der Waals surface area contributed by atoms with Crippen LogP contribution in [0.15, 0.2) is 54.9 Å². The normalized spacial score (nSPS) is 10.1. The summed E-state index contributed by atoms with van der Waals surface area (Å²) in [6.07, 6.45) is 1.31. The maximum absolute atomic E-state index is 12.5. The Labute approximate surface area is 162 Å². The summed E-state index contributed by atoms with van der Waals surface area (Å²) in [5.74, 6) is 2.00. The van der Waals surface area contributed by atoms with Crippen LogP contribution in [0.4, 0.5) is 17.2 Å². The zero-order chi connectivity index (χ0) is 19.9. The second-order valence-corrected chi connectivity index (χ2v) is 5.67. The van der Waals surface area contributed by atoms with Crippen LogP contribution < -0.4 is 24.8 Å². The molecule has 2 aromatic carbocycles. The maximum atomic E-state index is 12.5. The van der Waals surface area contributed by atoms with Crippen molar-refractivity contribution in [1.29, 1.82) is 0 Å². The van der Waals surface area contributed by atoms with Gasteiger partial charge >= 0.3 is 0 Å². The molecule has 28 heavy (non-hydrogen) atoms. The van der Waals surface area contributed by atoms with Crippen LogP contribution in [0.2, 0.25) is 0 Å². The number of carbonyl (C=O) groups excluding carboxylic acids is 1. The highest BCUT2D eigenvalue weighted by Crippen LogP contribution is 2.31. The Bertz CT molecular complexity index is 978. The van der Waals surface area contributed by atoms with Gasteiger partial charge in [-0.1, -0.05) is 6.07 Å². The molecule has 0 spiro atoms. The largest absolute Gasteiger partial charge is 0.497 e. The summed E-state index contributed by atoms with van der Waals surface area (Å²) in [6.45, 7) is 0. The van der Waals surface area contributed by atoms with Crippen molar-refractivity contribution in [3.05, 3.63) is 60.6 Å². The van der Waals surface area contributed by atoms with Crippen LogP contribution in [0.25, 0.3) is 0 Å². The lowest BCUT2D eigenvalue weighted by Gasteiger charge is -2.12. The van der Waals surface area contributed by atoms with E-state index in [4.69, 9.17) is 14.2 Å². The predicted octanol–water partition coefficient (Wildman–Crippen LogP) is 3.50. The highest BCUT2D eigenvalue weighted by atomic mass is 16.5. The van der Waals surface area contributed by atoms with Gasteiger partial charge in [-0.3, -0.25) is 4.79 Å². The van der Waals surface area contributed by atoms with Gasteiger partial charge in [0.25, 0.3) is 5.91 Å². The van der Waals surface area contributed by atoms with Crippen molar-refractivity contribution >= 4 is 23.1 Å². The Hall–Kier alpha value is -3.81. The first-order chi connectivity index (χ1) is 13.6. The monoisotopic (exact) mass is 380 g/mol. The molecule has 2 N–H and O–H groups in total. The van der Waals surface area contributed by atoms with Gasteiger partial charge in [-0.25, -0.2) is 9.97 Å². The lowest BCUT2D eigenvalue weighted by Crippen LogP contribution is -2.14. The molecular formula is C20H20N4O4. The van der Waals surface area contributed by atoms with E-state index < -0.39 is 0 Å². The number of nitrogens with zero attached hydrogens (tertiary/aromatic N) is 2. The van der Waals surface area contributed by atoms with Crippen molar-refractivity contribution in [2.45, 2.75) is 0 Å². The molecule has 1 heterocycles. The number of carbonyl (C=O) groups is 1. The first kappa shape index (κ1) is 19.0. The average Bonchev–Trinajstić information content (AvgIpc) is 2.74. The van der Waals surface area contributed by atoms with Gasteiger partial charge in [-0.15, -0.1) is 0 Å². The van der Waals surface area contributed by atoms with Crippen LogP contribution in [0.5, 0.6) is 17.2 Å². The van der Waals surface area contributed by atoms with Crippen LogP contribution >= 0.6 is 0 Å². The molecule has 3 aromatic rings. The first-order valence-electron chi connectivity index (χ1n) is 8.39. The van der Waals surface area contributed by atoms with Crippen LogP contribution in [0, 0.1) is 0 Å². The van der Waals surface area contributed by atoms with Gasteiger partial charge in [0.2, 0.25) is 0 Å². The molecular weight excluding hydrogens is 360 g/mol. The van der Waals surface area contributed by atoms with Crippen LogP contribution in [0.1, 0.15) is 10.5 Å². The molecule has 0 unspecified atom stereocenters. The fourth-order valence-corrected chi connectivity index (χ4v) is 2.50. The summed E-state index contributed by atoms with van der Waals surface area (Å²) in [6, 6.07) is 14.0. The Morgan fingerprint density at radius 1 is 0.893 bits per heavy atom. The fraction of sp³-hybridized carbons (Fsp3) is 0.150. The van der Waals surface area contributed by atoms with Gasteiger partial charge in [0, 0.05) is 23.9 Å². The lowest BCUT2D eigenvalue weighted by atomic mass is 10.2. The third kappa shape index (κ3) is 4.47. The number of rotatable bonds is 7. The number of ether oxygens (including phenoxy) is 3. The van der Waals surface area contributed by atoms with Gasteiger partial charge < -0.3 is 24.8 Å². The molecule has 0 fully saturated rings. The van der Waals surface area contributed by atoms with E-state index in [9.17, 15) is 4.79 Å². The molecule has 0 aliphatic rings. The van der Waals surface area contributed by atoms with E-state index in [1.807, 2.05) is 0 Å². The van der Waals surface area contributed by atoms with E-state index in [1.165, 1.54) is 6.33 Å². The van der Waals surface area contributed by atoms with Crippen molar-refractivity contribution in [3.63, 3.8) is 0 Å². The highest BCUT2D eigenvalue weighted by molar-refractivity contribution is 6.03. The molecule has 0 atom stereocenters. The number of benzene rings is 2. The smallest absolute Gasteiger partial charge is 0.274 e. The topological polar surface area (TPSA) is 94.6 Å². The van der Waals surface area contributed by atoms with Gasteiger partial charge in [0.05, 0.1) is 27.0 Å². The second-order valence-electron chi connectivity index (χ2n) is 5.67. The zero-order valence-electron chi connectivity index (χ0n) is 15.7. The molecule has 0 bridgehead atoms. The molecule has 8 nitrogen and oxygen atoms in total. The molecule has 0 aliphatic heterocycles. The molecule has 0 aliphatic carbocycles. The summed E-state index contributed by atoms with van der Waals surface area (Å²) < 4.78 is 15.7. The summed E-state index contributed by atoms with van der Waals surface area (Å²) >= 11 is 0. The first-order valence-corrected chi connectivity index (χ1v) is 8.39. The van der Waals surface area contributed by atoms with E-state index in [2.05, 4.69) is 20.6 Å². The zero-order valence-corrected chi connectivity index (χ0v) is 15.7. The van der Waals surface area contributed by atoms with E-state index in [0.717, 1.165) is 0 Å². The molecule has 1 aromatic heterocycles. The van der Waals surface area contributed by atoms with Crippen molar-refractivity contribution in [2.75, 3.05) is 32.0 Å². The van der Waals surface area contributed by atoms with Gasteiger partial charge in [0.1, 0.15) is 35.1 Å². The lowest BCUT2D eigenvalue weighted by molar-refractivity contribution is 0.102. The molecule has 8 heteroatoms. The highest BCUT2D eigenvalue weighted by Gasteiger charge is 2.12. The van der Waals surface area contributed by atoms with Crippen LogP contribution in [-0.4, -0.2) is 37.2 Å². The average molecular weight is 380 g/mol. The Morgan fingerprint density at radius 2 is 1.68 bits per heavy atom. The number of methoxy groups -OCH3 is 3. The Morgan fingerprint density at radius 3 is 2.43 bits per heavy atom. The predicted molar refractivity (Wildman–Crippen MR) is 106 cm³/mol. The summed E-state index contributed by atoms with van der Waals surface area (Å²) in [4.78, 5) is 20.7. The summed E-state index contributed by atoms with van der Waals surface area (Å²) in [5, 5.41) is 5.90. The third-order valence-electron chi connectivity index (χ3n) is 3.90. The minimum absolute atomic E-state index is 0.210. The van der Waals surface area contributed by atoms with Gasteiger partial charge in [-0.05, 0) is 24.3 Å². The number of amides is 1. The SMILES string of the molecule is COc1cccc(NC(=O)c2cc(Nc3cc(OC)ccc3OC)ncn2)c1. The van der Waals surface area contributed by atoms with Gasteiger partial charge in [0.15, 0.2) is 0 Å². The second kappa shape index (κ2) is 8.72. The van der Waals surface area contributed by atoms with Crippen molar-refractivity contribution in [1.82, 2.24) is 9.97 Å². The number of aromatic nitrogens is 2. The summed E-state index contributed by atoms with van der Waals surface area (Å²) in [7, 11) is 4.72. The minimum Gasteiger partial charge on any atom is -0.497 e.